The molecule has 0 saturated heterocycles. The minimum absolute atomic E-state index is 0.00637. The Balaban J connectivity index is 1.73. The van der Waals surface area contributed by atoms with Gasteiger partial charge in [-0.15, -0.1) is 0 Å². The second kappa shape index (κ2) is 7.01. The van der Waals surface area contributed by atoms with Crippen molar-refractivity contribution in [3.8, 4) is 11.3 Å². The van der Waals surface area contributed by atoms with Crippen LogP contribution in [0.3, 0.4) is 0 Å². The van der Waals surface area contributed by atoms with Crippen LogP contribution in [0.15, 0.2) is 55.0 Å². The molecule has 3 N–H and O–H groups in total. The first kappa shape index (κ1) is 15.8. The quantitative estimate of drug-likeness (QED) is 0.669. The predicted octanol–water partition coefficient (Wildman–Crippen LogP) is 2.07. The zero-order chi connectivity index (χ0) is 16.9. The van der Waals surface area contributed by atoms with Crippen LogP contribution in [0.2, 0.25) is 0 Å². The highest BCUT2D eigenvalue weighted by atomic mass is 19.1. The van der Waals surface area contributed by atoms with E-state index in [1.54, 1.807) is 36.5 Å². The van der Waals surface area contributed by atoms with E-state index < -0.39 is 17.8 Å². The molecule has 0 bridgehead atoms. The second-order valence-electron chi connectivity index (χ2n) is 5.15. The van der Waals surface area contributed by atoms with Crippen molar-refractivity contribution < 1.29 is 14.3 Å². The molecule has 1 amide bonds. The van der Waals surface area contributed by atoms with E-state index in [1.807, 2.05) is 0 Å². The Kier molecular flexibility index (Phi) is 4.62. The Bertz CT molecular complexity index is 835. The molecule has 2 heterocycles. The van der Waals surface area contributed by atoms with Gasteiger partial charge in [0, 0.05) is 30.1 Å². The average molecular weight is 326 g/mol. The van der Waals surface area contributed by atoms with E-state index in [-0.39, 0.29) is 17.7 Å². The number of carbonyl (C=O) groups excluding carboxylic acids is 1. The van der Waals surface area contributed by atoms with Crippen LogP contribution in [0.5, 0.6) is 0 Å². The Morgan fingerprint density at radius 1 is 1.25 bits per heavy atom. The first-order valence-corrected chi connectivity index (χ1v) is 7.31. The number of hydrogen-bond acceptors (Lipinski definition) is 4. The van der Waals surface area contributed by atoms with Crippen LogP contribution in [-0.4, -0.2) is 32.7 Å². The normalized spacial score (nSPS) is 11.9. The Morgan fingerprint density at radius 2 is 2.08 bits per heavy atom. The van der Waals surface area contributed by atoms with Gasteiger partial charge in [0.2, 0.25) is 0 Å². The Morgan fingerprint density at radius 3 is 2.83 bits per heavy atom. The predicted molar refractivity (Wildman–Crippen MR) is 85.5 cm³/mol. The van der Waals surface area contributed by atoms with Crippen LogP contribution < -0.4 is 5.32 Å². The van der Waals surface area contributed by atoms with E-state index >= 15 is 0 Å². The molecule has 0 fully saturated rings. The number of nitrogens with zero attached hydrogens (tertiary/aromatic N) is 2. The maximum absolute atomic E-state index is 13.9. The molecule has 3 rings (SSSR count). The molecule has 0 spiro atoms. The van der Waals surface area contributed by atoms with Gasteiger partial charge in [-0.2, -0.15) is 5.10 Å². The van der Waals surface area contributed by atoms with Crippen LogP contribution in [-0.2, 0) is 0 Å². The van der Waals surface area contributed by atoms with Crippen molar-refractivity contribution in [3.63, 3.8) is 0 Å². The van der Waals surface area contributed by atoms with Crippen molar-refractivity contribution >= 4 is 5.91 Å². The number of benzene rings is 1. The summed E-state index contributed by atoms with van der Waals surface area (Å²) in [5, 5.41) is 19.1. The van der Waals surface area contributed by atoms with Crippen LogP contribution in [0.4, 0.5) is 4.39 Å². The largest absolute Gasteiger partial charge is 0.387 e. The summed E-state index contributed by atoms with van der Waals surface area (Å²) >= 11 is 0. The highest BCUT2D eigenvalue weighted by Crippen LogP contribution is 2.23. The van der Waals surface area contributed by atoms with E-state index in [9.17, 15) is 14.3 Å². The second-order valence-corrected chi connectivity index (χ2v) is 5.15. The third-order valence-corrected chi connectivity index (χ3v) is 3.55. The molecule has 0 radical (unpaired) electrons. The lowest BCUT2D eigenvalue weighted by Crippen LogP contribution is -2.28. The van der Waals surface area contributed by atoms with E-state index in [2.05, 4.69) is 20.5 Å². The van der Waals surface area contributed by atoms with E-state index in [4.69, 9.17) is 0 Å². The number of hydrogen-bond donors (Lipinski definition) is 3. The lowest BCUT2D eigenvalue weighted by atomic mass is 10.1. The maximum Gasteiger partial charge on any atom is 0.255 e. The Hall–Kier alpha value is -3.06. The fraction of sp³-hybridized carbons (Fsp3) is 0.118. The van der Waals surface area contributed by atoms with Crippen LogP contribution >= 0.6 is 0 Å². The highest BCUT2D eigenvalue weighted by molar-refractivity contribution is 5.99. The van der Waals surface area contributed by atoms with Gasteiger partial charge < -0.3 is 10.4 Å². The summed E-state index contributed by atoms with van der Waals surface area (Å²) in [5.74, 6) is -0.906. The Labute approximate surface area is 137 Å². The number of halogens is 1. The van der Waals surface area contributed by atoms with Gasteiger partial charge in [0.25, 0.3) is 5.91 Å². The smallest absolute Gasteiger partial charge is 0.255 e. The van der Waals surface area contributed by atoms with Crippen molar-refractivity contribution in [3.05, 3.63) is 71.9 Å². The molecule has 0 aliphatic heterocycles. The van der Waals surface area contributed by atoms with E-state index in [0.29, 0.717) is 11.3 Å². The lowest BCUT2D eigenvalue weighted by Gasteiger charge is -2.12. The summed E-state index contributed by atoms with van der Waals surface area (Å²) < 4.78 is 13.9. The van der Waals surface area contributed by atoms with Gasteiger partial charge in [0.05, 0.1) is 23.6 Å². The van der Waals surface area contributed by atoms with Gasteiger partial charge in [-0.05, 0) is 18.2 Å². The van der Waals surface area contributed by atoms with Crippen molar-refractivity contribution in [2.45, 2.75) is 6.10 Å². The molecule has 3 aromatic rings. The van der Waals surface area contributed by atoms with Gasteiger partial charge in [0.1, 0.15) is 5.82 Å². The molecule has 1 unspecified atom stereocenters. The summed E-state index contributed by atoms with van der Waals surface area (Å²) in [7, 11) is 0. The highest BCUT2D eigenvalue weighted by Gasteiger charge is 2.18. The molecule has 24 heavy (non-hydrogen) atoms. The van der Waals surface area contributed by atoms with Crippen molar-refractivity contribution in [2.75, 3.05) is 6.54 Å². The first-order valence-electron chi connectivity index (χ1n) is 7.31. The van der Waals surface area contributed by atoms with Gasteiger partial charge in [-0.25, -0.2) is 4.39 Å². The summed E-state index contributed by atoms with van der Waals surface area (Å²) in [6, 6.07) is 9.53. The van der Waals surface area contributed by atoms with Crippen LogP contribution in [0.25, 0.3) is 11.3 Å². The molecule has 6 nitrogen and oxygen atoms in total. The zero-order valence-corrected chi connectivity index (χ0v) is 12.6. The number of aromatic amines is 1. The van der Waals surface area contributed by atoms with Crippen molar-refractivity contribution in [1.82, 2.24) is 20.5 Å². The molecule has 1 aromatic carbocycles. The monoisotopic (exact) mass is 326 g/mol. The minimum Gasteiger partial charge on any atom is -0.387 e. The summed E-state index contributed by atoms with van der Waals surface area (Å²) in [6.45, 7) is 0.00637. The fourth-order valence-corrected chi connectivity index (χ4v) is 2.30. The number of amides is 1. The summed E-state index contributed by atoms with van der Waals surface area (Å²) in [4.78, 5) is 16.2. The third-order valence-electron chi connectivity index (χ3n) is 3.55. The van der Waals surface area contributed by atoms with E-state index in [0.717, 1.165) is 0 Å². The number of nitrogens with one attached hydrogen (secondary N) is 2. The molecular formula is C17H15FN4O2. The SMILES string of the molecule is O=C(NCC(O)c1cccnc1)c1cn[nH]c1-c1ccccc1F. The molecular weight excluding hydrogens is 311 g/mol. The summed E-state index contributed by atoms with van der Waals surface area (Å²) in [6.07, 6.45) is 3.57. The summed E-state index contributed by atoms with van der Waals surface area (Å²) in [5.41, 5.74) is 1.35. The first-order chi connectivity index (χ1) is 11.7. The number of H-pyrrole nitrogens is 1. The number of pyridine rings is 1. The zero-order valence-electron chi connectivity index (χ0n) is 12.6. The number of aliphatic hydroxyl groups excluding tert-OH is 1. The molecule has 0 aliphatic carbocycles. The molecule has 7 heteroatoms. The average Bonchev–Trinajstić information content (AvgIpc) is 3.10. The number of rotatable bonds is 5. The molecule has 0 aliphatic rings. The lowest BCUT2D eigenvalue weighted by molar-refractivity contribution is 0.0917. The van der Waals surface area contributed by atoms with E-state index in [1.165, 1.54) is 18.5 Å². The maximum atomic E-state index is 13.9. The van der Waals surface area contributed by atoms with Gasteiger partial charge in [-0.3, -0.25) is 14.9 Å². The molecule has 0 saturated carbocycles. The standard InChI is InChI=1S/C17H15FN4O2/c18-14-6-2-1-5-12(14)16-13(9-21-22-16)17(24)20-10-15(23)11-4-3-7-19-8-11/h1-9,15,23H,10H2,(H,20,24)(H,21,22). The van der Waals surface area contributed by atoms with Crippen LogP contribution in [0.1, 0.15) is 22.0 Å². The van der Waals surface area contributed by atoms with Crippen LogP contribution in [0, 0.1) is 5.82 Å². The number of carbonyl (C=O) groups is 1. The topological polar surface area (TPSA) is 90.9 Å². The van der Waals surface area contributed by atoms with Gasteiger partial charge in [-0.1, -0.05) is 18.2 Å². The molecule has 1 atom stereocenters. The third kappa shape index (κ3) is 3.31. The van der Waals surface area contributed by atoms with Crippen molar-refractivity contribution in [2.24, 2.45) is 0 Å². The van der Waals surface area contributed by atoms with Gasteiger partial charge in [0.15, 0.2) is 0 Å². The van der Waals surface area contributed by atoms with Crippen molar-refractivity contribution in [1.29, 1.82) is 0 Å². The fourth-order valence-electron chi connectivity index (χ4n) is 2.30. The number of aromatic nitrogens is 3. The number of aliphatic hydroxyl groups is 1. The minimum atomic E-state index is -0.883. The molecule has 122 valence electrons. The van der Waals surface area contributed by atoms with Gasteiger partial charge >= 0.3 is 0 Å². The molecule has 2 aromatic heterocycles.